The van der Waals surface area contributed by atoms with E-state index in [0.717, 1.165) is 30.2 Å². The van der Waals surface area contributed by atoms with Crippen LogP contribution in [0.4, 0.5) is 17.6 Å². The van der Waals surface area contributed by atoms with Gasteiger partial charge in [0.05, 0.1) is 0 Å². The Hall–Kier alpha value is -1.82. The summed E-state index contributed by atoms with van der Waals surface area (Å²) in [6, 6.07) is 15.3. The molecular weight excluding hydrogens is 468 g/mol. The van der Waals surface area contributed by atoms with Crippen LogP contribution in [0.3, 0.4) is 0 Å². The highest BCUT2D eigenvalue weighted by atomic mass is 28.3. The maximum Gasteiger partial charge on any atom is 0.573 e. The van der Waals surface area contributed by atoms with Gasteiger partial charge in [-0.3, -0.25) is 0 Å². The van der Waals surface area contributed by atoms with E-state index in [1.165, 1.54) is 93.4 Å². The number of hydrogen-bond donors (Lipinski definition) is 0. The lowest BCUT2D eigenvalue weighted by molar-refractivity contribution is -0.274. The average Bonchev–Trinajstić information content (AvgIpc) is 2.84. The number of hydrogen-bond acceptors (Lipinski definition) is 1. The quantitative estimate of drug-likeness (QED) is 0.256. The SMILES string of the molecule is CCC[Si]1CCC(C2CCC(CCc3ccc(-c4ccc(OC(F)(F)F)cc4)cc3F)CC2)CC1. The van der Waals surface area contributed by atoms with Crippen molar-refractivity contribution in [3.05, 3.63) is 53.8 Å². The minimum atomic E-state index is -4.72. The first-order valence-corrected chi connectivity index (χ1v) is 15.4. The van der Waals surface area contributed by atoms with Crippen LogP contribution in [-0.2, 0) is 6.42 Å². The van der Waals surface area contributed by atoms with E-state index in [4.69, 9.17) is 0 Å². The summed E-state index contributed by atoms with van der Waals surface area (Å²) in [6.45, 7) is 2.32. The molecule has 0 atom stereocenters. The predicted molar refractivity (Wildman–Crippen MR) is 135 cm³/mol. The highest BCUT2D eigenvalue weighted by Crippen LogP contribution is 2.42. The van der Waals surface area contributed by atoms with E-state index in [9.17, 15) is 17.6 Å². The van der Waals surface area contributed by atoms with Crippen LogP contribution in [0.5, 0.6) is 5.75 Å². The lowest BCUT2D eigenvalue weighted by Crippen LogP contribution is -2.28. The van der Waals surface area contributed by atoms with E-state index < -0.39 is 6.36 Å². The van der Waals surface area contributed by atoms with Crippen molar-refractivity contribution in [1.82, 2.24) is 0 Å². The molecule has 191 valence electrons. The summed E-state index contributed by atoms with van der Waals surface area (Å²) in [4.78, 5) is 0. The Morgan fingerprint density at radius 2 is 1.49 bits per heavy atom. The maximum absolute atomic E-state index is 14.8. The van der Waals surface area contributed by atoms with E-state index in [0.29, 0.717) is 17.0 Å². The van der Waals surface area contributed by atoms with Gasteiger partial charge in [-0.05, 0) is 78.3 Å². The van der Waals surface area contributed by atoms with Gasteiger partial charge in [0.15, 0.2) is 0 Å². The minimum absolute atomic E-state index is 0.0339. The van der Waals surface area contributed by atoms with Crippen molar-refractivity contribution in [2.45, 2.75) is 89.2 Å². The minimum Gasteiger partial charge on any atom is -0.406 e. The van der Waals surface area contributed by atoms with Gasteiger partial charge >= 0.3 is 6.36 Å². The molecule has 0 aromatic heterocycles. The molecule has 0 N–H and O–H groups in total. The maximum atomic E-state index is 14.8. The molecule has 2 aromatic carbocycles. The monoisotopic (exact) mass is 505 g/mol. The number of alkyl halides is 3. The van der Waals surface area contributed by atoms with Crippen molar-refractivity contribution in [2.75, 3.05) is 0 Å². The fourth-order valence-corrected chi connectivity index (χ4v) is 9.23. The zero-order chi connectivity index (χ0) is 24.8. The van der Waals surface area contributed by atoms with Crippen molar-refractivity contribution >= 4 is 8.80 Å². The van der Waals surface area contributed by atoms with Gasteiger partial charge < -0.3 is 4.74 Å². The number of rotatable bonds is 8. The summed E-state index contributed by atoms with van der Waals surface area (Å²) in [5.74, 6) is 2.05. The molecule has 6 heteroatoms. The van der Waals surface area contributed by atoms with Crippen LogP contribution in [0.25, 0.3) is 11.1 Å². The van der Waals surface area contributed by atoms with Gasteiger partial charge in [-0.2, -0.15) is 0 Å². The van der Waals surface area contributed by atoms with Crippen molar-refractivity contribution in [2.24, 2.45) is 17.8 Å². The second-order valence-corrected chi connectivity index (χ2v) is 13.5. The number of aryl methyl sites for hydroxylation is 1. The molecule has 1 aliphatic carbocycles. The Labute approximate surface area is 208 Å². The third kappa shape index (κ3) is 7.58. The van der Waals surface area contributed by atoms with E-state index in [1.54, 1.807) is 0 Å². The summed E-state index contributed by atoms with van der Waals surface area (Å²) in [5, 5.41) is 0. The summed E-state index contributed by atoms with van der Waals surface area (Å²) in [7, 11) is -0.0339. The molecule has 0 unspecified atom stereocenters. The molecule has 1 heterocycles. The second-order valence-electron chi connectivity index (χ2n) is 10.5. The molecule has 0 amide bonds. The summed E-state index contributed by atoms with van der Waals surface area (Å²) in [5.41, 5.74) is 2.04. The van der Waals surface area contributed by atoms with Gasteiger partial charge in [-0.15, -0.1) is 13.2 Å². The topological polar surface area (TPSA) is 9.23 Å². The molecule has 1 radical (unpaired) electrons. The Kier molecular flexibility index (Phi) is 8.95. The van der Waals surface area contributed by atoms with Crippen LogP contribution in [0.2, 0.25) is 18.1 Å². The zero-order valence-corrected chi connectivity index (χ0v) is 21.7. The van der Waals surface area contributed by atoms with Crippen LogP contribution in [0.15, 0.2) is 42.5 Å². The molecule has 2 aromatic rings. The smallest absolute Gasteiger partial charge is 0.406 e. The fourth-order valence-electron chi connectivity index (χ4n) is 6.21. The molecule has 1 aliphatic heterocycles. The molecule has 1 saturated carbocycles. The summed E-state index contributed by atoms with van der Waals surface area (Å²) >= 11 is 0. The Balaban J connectivity index is 1.24. The molecule has 2 fully saturated rings. The van der Waals surface area contributed by atoms with Crippen molar-refractivity contribution < 1.29 is 22.3 Å². The van der Waals surface area contributed by atoms with E-state index >= 15 is 0 Å². The highest BCUT2D eigenvalue weighted by molar-refractivity contribution is 6.58. The number of ether oxygens (including phenoxy) is 1. The molecule has 2 aliphatic rings. The van der Waals surface area contributed by atoms with Crippen LogP contribution >= 0.6 is 0 Å². The molecular formula is C29H37F4OSi. The molecule has 4 rings (SSSR count). The third-order valence-electron chi connectivity index (χ3n) is 8.20. The van der Waals surface area contributed by atoms with Gasteiger partial charge in [0.1, 0.15) is 11.6 Å². The van der Waals surface area contributed by atoms with Crippen molar-refractivity contribution in [3.8, 4) is 16.9 Å². The van der Waals surface area contributed by atoms with Crippen LogP contribution in [0, 0.1) is 23.6 Å². The van der Waals surface area contributed by atoms with Crippen LogP contribution in [-0.4, -0.2) is 15.2 Å². The summed E-state index contributed by atoms with van der Waals surface area (Å²) < 4.78 is 55.7. The fraction of sp³-hybridized carbons (Fsp3) is 0.586. The van der Waals surface area contributed by atoms with E-state index in [1.807, 2.05) is 12.1 Å². The van der Waals surface area contributed by atoms with Gasteiger partial charge in [-0.1, -0.05) is 81.4 Å². The Morgan fingerprint density at radius 3 is 2.09 bits per heavy atom. The van der Waals surface area contributed by atoms with Gasteiger partial charge in [0.2, 0.25) is 0 Å². The molecule has 1 nitrogen and oxygen atoms in total. The van der Waals surface area contributed by atoms with Gasteiger partial charge in [-0.25, -0.2) is 4.39 Å². The van der Waals surface area contributed by atoms with Crippen LogP contribution in [0.1, 0.15) is 63.9 Å². The average molecular weight is 506 g/mol. The zero-order valence-electron chi connectivity index (χ0n) is 20.7. The molecule has 0 bridgehead atoms. The van der Waals surface area contributed by atoms with Gasteiger partial charge in [0.25, 0.3) is 0 Å². The van der Waals surface area contributed by atoms with E-state index in [-0.39, 0.29) is 20.4 Å². The van der Waals surface area contributed by atoms with Crippen molar-refractivity contribution in [3.63, 3.8) is 0 Å². The summed E-state index contributed by atoms with van der Waals surface area (Å²) in [6.07, 6.45) is 6.61. The Bertz CT molecular complexity index is 927. The predicted octanol–water partition coefficient (Wildman–Crippen LogP) is 9.45. The normalized spacial score (nSPS) is 22.3. The number of benzene rings is 2. The first-order valence-electron chi connectivity index (χ1n) is 13.3. The van der Waals surface area contributed by atoms with Crippen molar-refractivity contribution in [1.29, 1.82) is 0 Å². The molecule has 35 heavy (non-hydrogen) atoms. The lowest BCUT2D eigenvalue weighted by atomic mass is 9.73. The Morgan fingerprint density at radius 1 is 0.857 bits per heavy atom. The number of halogens is 4. The van der Waals surface area contributed by atoms with E-state index in [2.05, 4.69) is 11.7 Å². The molecule has 1 saturated heterocycles. The first kappa shape index (κ1) is 26.2. The standard InChI is InChI=1S/C29H37F4OSi/c1-2-17-35-18-15-24(16-19-35)22-6-3-21(4-7-22)5-8-25-9-10-26(20-28(25)30)23-11-13-27(14-12-23)34-29(31,32)33/h9-14,20-22,24H,2-8,15-19H2,1H3. The second kappa shape index (κ2) is 11.9. The first-order chi connectivity index (χ1) is 16.8. The largest absolute Gasteiger partial charge is 0.573 e. The van der Waals surface area contributed by atoms with Crippen LogP contribution < -0.4 is 4.74 Å². The third-order valence-corrected chi connectivity index (χ3v) is 11.4. The molecule has 0 spiro atoms. The lowest BCUT2D eigenvalue weighted by Gasteiger charge is -2.37. The van der Waals surface area contributed by atoms with Gasteiger partial charge in [0, 0.05) is 8.80 Å². The highest BCUT2D eigenvalue weighted by Gasteiger charge is 2.32.